The quantitative estimate of drug-likeness (QED) is 0.804. The van der Waals surface area contributed by atoms with Crippen molar-refractivity contribution in [1.29, 1.82) is 0 Å². The number of benzene rings is 1. The molecule has 0 atom stereocenters. The highest BCUT2D eigenvalue weighted by Gasteiger charge is 2.29. The molecule has 148 valence electrons. The molecule has 1 saturated heterocycles. The molecule has 1 aromatic heterocycles. The number of aryl methyl sites for hydroxylation is 1. The normalized spacial score (nSPS) is 17.1. The number of hydrogen-bond donors (Lipinski definition) is 1. The van der Waals surface area contributed by atoms with Gasteiger partial charge in [-0.05, 0) is 45.1 Å². The summed E-state index contributed by atoms with van der Waals surface area (Å²) >= 11 is 0. The van der Waals surface area contributed by atoms with E-state index in [1.54, 1.807) is 0 Å². The van der Waals surface area contributed by atoms with Gasteiger partial charge in [0.15, 0.2) is 17.8 Å². The molecule has 1 saturated carbocycles. The Morgan fingerprint density at radius 2 is 1.81 bits per heavy atom. The van der Waals surface area contributed by atoms with Crippen molar-refractivity contribution in [2.24, 2.45) is 5.92 Å². The van der Waals surface area contributed by atoms with Crippen LogP contribution in [-0.2, 0) is 0 Å². The number of carbonyl (C=O) groups is 1. The standard InChI is InChI=1S/C20H25N3O2.2ClH/c1-14-2-6-16(7-3-14)19-18(22-13-25-19)20(24)23-10-8-17(9-11-23)21-12-15-4-5-15;;/h2-3,6-7,13,15,17,21H,4-5,8-12H2,1H3;2*1H. The van der Waals surface area contributed by atoms with Gasteiger partial charge in [0, 0.05) is 24.7 Å². The molecule has 1 aromatic carbocycles. The minimum atomic E-state index is -0.0232. The summed E-state index contributed by atoms with van der Waals surface area (Å²) < 4.78 is 5.52. The van der Waals surface area contributed by atoms with E-state index in [-0.39, 0.29) is 30.7 Å². The smallest absolute Gasteiger partial charge is 0.276 e. The summed E-state index contributed by atoms with van der Waals surface area (Å²) in [6.45, 7) is 4.74. The number of halogens is 2. The third-order valence-corrected chi connectivity index (χ3v) is 5.26. The molecule has 7 heteroatoms. The first kappa shape index (κ1) is 21.7. The minimum absolute atomic E-state index is 0. The summed E-state index contributed by atoms with van der Waals surface area (Å²) in [5, 5.41) is 3.65. The fourth-order valence-electron chi connectivity index (χ4n) is 3.40. The van der Waals surface area contributed by atoms with Crippen molar-refractivity contribution in [1.82, 2.24) is 15.2 Å². The Morgan fingerprint density at radius 1 is 1.15 bits per heavy atom. The van der Waals surface area contributed by atoms with Crippen LogP contribution in [-0.4, -0.2) is 41.5 Å². The molecule has 0 unspecified atom stereocenters. The van der Waals surface area contributed by atoms with Crippen LogP contribution in [0, 0.1) is 12.8 Å². The van der Waals surface area contributed by atoms with Crippen LogP contribution in [0.2, 0.25) is 0 Å². The average molecular weight is 412 g/mol. The van der Waals surface area contributed by atoms with E-state index in [4.69, 9.17) is 4.42 Å². The molecule has 2 fully saturated rings. The lowest BCUT2D eigenvalue weighted by Crippen LogP contribution is -2.45. The van der Waals surface area contributed by atoms with E-state index in [1.165, 1.54) is 24.8 Å². The van der Waals surface area contributed by atoms with Crippen LogP contribution in [0.4, 0.5) is 0 Å². The van der Waals surface area contributed by atoms with E-state index in [9.17, 15) is 4.79 Å². The molecule has 0 bridgehead atoms. The van der Waals surface area contributed by atoms with Crippen molar-refractivity contribution < 1.29 is 9.21 Å². The van der Waals surface area contributed by atoms with Gasteiger partial charge < -0.3 is 14.6 Å². The molecule has 1 N–H and O–H groups in total. The molecule has 27 heavy (non-hydrogen) atoms. The number of aromatic nitrogens is 1. The van der Waals surface area contributed by atoms with Gasteiger partial charge >= 0.3 is 0 Å². The van der Waals surface area contributed by atoms with Crippen molar-refractivity contribution in [3.63, 3.8) is 0 Å². The Hall–Kier alpha value is -1.56. The predicted molar refractivity (Wildman–Crippen MR) is 111 cm³/mol. The number of nitrogens with one attached hydrogen (secondary N) is 1. The molecule has 2 heterocycles. The molecule has 4 rings (SSSR count). The van der Waals surface area contributed by atoms with Crippen LogP contribution in [0.5, 0.6) is 0 Å². The number of oxazole rings is 1. The molecule has 0 spiro atoms. The highest BCUT2D eigenvalue weighted by molar-refractivity contribution is 5.97. The zero-order chi connectivity index (χ0) is 17.2. The number of likely N-dealkylation sites (tertiary alicyclic amines) is 1. The second kappa shape index (κ2) is 9.58. The van der Waals surface area contributed by atoms with Gasteiger partial charge in [-0.1, -0.05) is 29.8 Å². The summed E-state index contributed by atoms with van der Waals surface area (Å²) in [5.41, 5.74) is 2.50. The summed E-state index contributed by atoms with van der Waals surface area (Å²) in [7, 11) is 0. The SMILES string of the molecule is Cc1ccc(-c2ocnc2C(=O)N2CCC(NCC3CC3)CC2)cc1.Cl.Cl. The molecular weight excluding hydrogens is 385 g/mol. The fraction of sp³-hybridized carbons (Fsp3) is 0.500. The Morgan fingerprint density at radius 3 is 2.44 bits per heavy atom. The van der Waals surface area contributed by atoms with E-state index in [0.717, 1.165) is 44.0 Å². The number of piperidine rings is 1. The van der Waals surface area contributed by atoms with E-state index < -0.39 is 0 Å². The molecule has 1 amide bonds. The average Bonchev–Trinajstić information content (AvgIpc) is 3.35. The monoisotopic (exact) mass is 411 g/mol. The van der Waals surface area contributed by atoms with Crippen LogP contribution >= 0.6 is 24.8 Å². The van der Waals surface area contributed by atoms with Crippen LogP contribution in [0.1, 0.15) is 41.7 Å². The molecule has 1 aliphatic heterocycles. The zero-order valence-corrected chi connectivity index (χ0v) is 17.2. The Bertz CT molecular complexity index is 736. The summed E-state index contributed by atoms with van der Waals surface area (Å²) in [6.07, 6.45) is 6.13. The van der Waals surface area contributed by atoms with Crippen molar-refractivity contribution in [3.8, 4) is 11.3 Å². The highest BCUT2D eigenvalue weighted by Crippen LogP contribution is 2.28. The minimum Gasteiger partial charge on any atom is -0.443 e. The lowest BCUT2D eigenvalue weighted by Gasteiger charge is -2.32. The number of amides is 1. The van der Waals surface area contributed by atoms with Gasteiger partial charge in [0.25, 0.3) is 5.91 Å². The second-order valence-electron chi connectivity index (χ2n) is 7.31. The van der Waals surface area contributed by atoms with E-state index >= 15 is 0 Å². The van der Waals surface area contributed by atoms with Crippen molar-refractivity contribution in [2.75, 3.05) is 19.6 Å². The molecule has 2 aromatic rings. The molecular formula is C20H27Cl2N3O2. The maximum absolute atomic E-state index is 12.9. The van der Waals surface area contributed by atoms with Gasteiger partial charge in [0.05, 0.1) is 0 Å². The fourth-order valence-corrected chi connectivity index (χ4v) is 3.40. The first-order valence-electron chi connectivity index (χ1n) is 9.24. The largest absolute Gasteiger partial charge is 0.443 e. The lowest BCUT2D eigenvalue weighted by molar-refractivity contribution is 0.0700. The highest BCUT2D eigenvalue weighted by atomic mass is 35.5. The van der Waals surface area contributed by atoms with Crippen LogP contribution < -0.4 is 5.32 Å². The van der Waals surface area contributed by atoms with Crippen LogP contribution in [0.15, 0.2) is 35.1 Å². The Balaban J connectivity index is 0.00000131. The van der Waals surface area contributed by atoms with Gasteiger partial charge in [-0.2, -0.15) is 0 Å². The van der Waals surface area contributed by atoms with Gasteiger partial charge in [-0.3, -0.25) is 4.79 Å². The lowest BCUT2D eigenvalue weighted by atomic mass is 10.0. The van der Waals surface area contributed by atoms with Gasteiger partial charge in [0.2, 0.25) is 0 Å². The topological polar surface area (TPSA) is 58.4 Å². The molecule has 0 radical (unpaired) electrons. The zero-order valence-electron chi connectivity index (χ0n) is 15.5. The number of carbonyl (C=O) groups excluding carboxylic acids is 1. The summed E-state index contributed by atoms with van der Waals surface area (Å²) in [4.78, 5) is 19.0. The maximum Gasteiger partial charge on any atom is 0.276 e. The second-order valence-corrected chi connectivity index (χ2v) is 7.31. The summed E-state index contributed by atoms with van der Waals surface area (Å²) in [5.74, 6) is 1.44. The van der Waals surface area contributed by atoms with Crippen molar-refractivity contribution in [3.05, 3.63) is 41.9 Å². The third kappa shape index (κ3) is 5.24. The van der Waals surface area contributed by atoms with Crippen LogP contribution in [0.25, 0.3) is 11.3 Å². The number of rotatable bonds is 5. The maximum atomic E-state index is 12.9. The van der Waals surface area contributed by atoms with Gasteiger partial charge in [0.1, 0.15) is 0 Å². The van der Waals surface area contributed by atoms with E-state index in [2.05, 4.69) is 10.3 Å². The Kier molecular flexibility index (Phi) is 7.71. The Labute approximate surface area is 172 Å². The summed E-state index contributed by atoms with van der Waals surface area (Å²) in [6, 6.07) is 8.52. The number of hydrogen-bond acceptors (Lipinski definition) is 4. The van der Waals surface area contributed by atoms with Crippen molar-refractivity contribution >= 4 is 30.7 Å². The third-order valence-electron chi connectivity index (χ3n) is 5.26. The molecule has 2 aliphatic rings. The number of nitrogens with zero attached hydrogens (tertiary/aromatic N) is 2. The van der Waals surface area contributed by atoms with E-state index in [0.29, 0.717) is 17.5 Å². The first-order chi connectivity index (χ1) is 12.2. The van der Waals surface area contributed by atoms with Crippen LogP contribution in [0.3, 0.4) is 0 Å². The predicted octanol–water partition coefficient (Wildman–Crippen LogP) is 4.10. The molecule has 5 nitrogen and oxygen atoms in total. The van der Waals surface area contributed by atoms with Gasteiger partial charge in [-0.15, -0.1) is 24.8 Å². The first-order valence-corrected chi connectivity index (χ1v) is 9.24. The molecule has 1 aliphatic carbocycles. The van der Waals surface area contributed by atoms with Gasteiger partial charge in [-0.25, -0.2) is 4.98 Å². The van der Waals surface area contributed by atoms with E-state index in [1.807, 2.05) is 36.1 Å². The van der Waals surface area contributed by atoms with Crippen molar-refractivity contribution in [2.45, 2.75) is 38.6 Å².